The Bertz CT molecular complexity index is 509. The van der Waals surface area contributed by atoms with Crippen molar-refractivity contribution < 1.29 is 14.3 Å². The lowest BCUT2D eigenvalue weighted by atomic mass is 10.1. The summed E-state index contributed by atoms with van der Waals surface area (Å²) in [7, 11) is 0. The minimum absolute atomic E-state index is 0.00354. The van der Waals surface area contributed by atoms with E-state index >= 15 is 0 Å². The quantitative estimate of drug-likeness (QED) is 0.905. The molecule has 2 heterocycles. The van der Waals surface area contributed by atoms with Gasteiger partial charge in [-0.1, -0.05) is 12.1 Å². The molecule has 2 saturated heterocycles. The fraction of sp³-hybridized carbons (Fsp3) is 0.611. The monoisotopic (exact) mass is 318 g/mol. The molecule has 2 aliphatic rings. The summed E-state index contributed by atoms with van der Waals surface area (Å²) in [6, 6.07) is 7.87. The number of ether oxygens (including phenoxy) is 2. The van der Waals surface area contributed by atoms with Crippen molar-refractivity contribution in [2.45, 2.75) is 44.8 Å². The lowest BCUT2D eigenvalue weighted by Gasteiger charge is -2.22. The predicted molar refractivity (Wildman–Crippen MR) is 89.5 cm³/mol. The second kappa shape index (κ2) is 8.31. The van der Waals surface area contributed by atoms with Crippen molar-refractivity contribution in [2.24, 2.45) is 0 Å². The third-order valence-corrected chi connectivity index (χ3v) is 4.42. The number of amides is 2. The van der Waals surface area contributed by atoms with E-state index in [1.807, 2.05) is 29.2 Å². The van der Waals surface area contributed by atoms with Gasteiger partial charge in [-0.25, -0.2) is 4.79 Å². The maximum absolute atomic E-state index is 12.1. The van der Waals surface area contributed by atoms with Crippen molar-refractivity contribution in [3.05, 3.63) is 29.8 Å². The Kier molecular flexibility index (Phi) is 5.88. The van der Waals surface area contributed by atoms with Crippen molar-refractivity contribution in [1.82, 2.24) is 4.90 Å². The summed E-state index contributed by atoms with van der Waals surface area (Å²) >= 11 is 0. The van der Waals surface area contributed by atoms with Crippen LogP contribution in [0.3, 0.4) is 0 Å². The molecule has 0 spiro atoms. The molecule has 126 valence electrons. The molecule has 0 aliphatic carbocycles. The second-order valence-corrected chi connectivity index (χ2v) is 6.33. The molecule has 0 aromatic heterocycles. The van der Waals surface area contributed by atoms with Gasteiger partial charge in [-0.15, -0.1) is 0 Å². The zero-order valence-corrected chi connectivity index (χ0v) is 13.6. The zero-order valence-electron chi connectivity index (χ0n) is 13.6. The highest BCUT2D eigenvalue weighted by atomic mass is 16.5. The first kappa shape index (κ1) is 16.3. The van der Waals surface area contributed by atoms with Crippen molar-refractivity contribution >= 4 is 11.7 Å². The van der Waals surface area contributed by atoms with E-state index in [1.165, 1.54) is 6.42 Å². The molecule has 0 radical (unpaired) electrons. The molecule has 1 unspecified atom stereocenters. The van der Waals surface area contributed by atoms with Gasteiger partial charge in [0.2, 0.25) is 0 Å². The Balaban J connectivity index is 1.45. The molecular weight excluding hydrogens is 292 g/mol. The number of rotatable bonds is 5. The Morgan fingerprint density at radius 2 is 2.13 bits per heavy atom. The largest absolute Gasteiger partial charge is 0.376 e. The van der Waals surface area contributed by atoms with Gasteiger partial charge >= 0.3 is 6.03 Å². The molecular formula is C18H26N2O3. The van der Waals surface area contributed by atoms with Crippen LogP contribution in [0.15, 0.2) is 24.3 Å². The van der Waals surface area contributed by atoms with Gasteiger partial charge in [0.15, 0.2) is 0 Å². The van der Waals surface area contributed by atoms with Gasteiger partial charge in [0.05, 0.1) is 19.3 Å². The van der Waals surface area contributed by atoms with Crippen LogP contribution in [0, 0.1) is 0 Å². The van der Waals surface area contributed by atoms with Crippen LogP contribution < -0.4 is 5.32 Å². The number of likely N-dealkylation sites (tertiary alicyclic amines) is 1. The molecule has 1 aromatic rings. The Labute approximate surface area is 137 Å². The summed E-state index contributed by atoms with van der Waals surface area (Å²) in [5, 5.41) is 2.97. The maximum Gasteiger partial charge on any atom is 0.321 e. The number of carbonyl (C=O) groups is 1. The van der Waals surface area contributed by atoms with Crippen molar-refractivity contribution in [3.63, 3.8) is 0 Å². The van der Waals surface area contributed by atoms with Gasteiger partial charge in [-0.3, -0.25) is 0 Å². The third kappa shape index (κ3) is 4.94. The molecule has 1 aromatic carbocycles. The van der Waals surface area contributed by atoms with Crippen LogP contribution in [0.5, 0.6) is 0 Å². The van der Waals surface area contributed by atoms with Gasteiger partial charge in [0.25, 0.3) is 0 Å². The lowest BCUT2D eigenvalue weighted by molar-refractivity contribution is -0.0447. The summed E-state index contributed by atoms with van der Waals surface area (Å²) in [6.45, 7) is 3.76. The highest BCUT2D eigenvalue weighted by Gasteiger charge is 2.18. The second-order valence-electron chi connectivity index (χ2n) is 6.33. The lowest BCUT2D eigenvalue weighted by Crippen LogP contribution is -2.32. The molecule has 2 amide bonds. The van der Waals surface area contributed by atoms with E-state index in [0.29, 0.717) is 13.2 Å². The van der Waals surface area contributed by atoms with E-state index < -0.39 is 0 Å². The molecule has 0 saturated carbocycles. The Morgan fingerprint density at radius 3 is 2.91 bits per heavy atom. The van der Waals surface area contributed by atoms with Crippen LogP contribution >= 0.6 is 0 Å². The Morgan fingerprint density at radius 1 is 1.26 bits per heavy atom. The molecule has 5 nitrogen and oxygen atoms in total. The first-order valence-corrected chi connectivity index (χ1v) is 8.65. The van der Waals surface area contributed by atoms with Crippen LogP contribution in [-0.2, 0) is 16.1 Å². The van der Waals surface area contributed by atoms with Gasteiger partial charge in [0, 0.05) is 25.4 Å². The topological polar surface area (TPSA) is 50.8 Å². The summed E-state index contributed by atoms with van der Waals surface area (Å²) in [6.07, 6.45) is 5.92. The number of nitrogens with zero attached hydrogens (tertiary/aromatic N) is 1. The number of hydrogen-bond donors (Lipinski definition) is 1. The average molecular weight is 318 g/mol. The van der Waals surface area contributed by atoms with Gasteiger partial charge < -0.3 is 19.7 Å². The standard InChI is InChI=1S/C18H26N2O3/c21-18(20-9-2-3-10-20)19-16-7-5-6-15(12-16)13-22-14-17-8-1-4-11-23-17/h5-7,12,17H,1-4,8-11,13-14H2,(H,19,21). The van der Waals surface area contributed by atoms with Crippen molar-refractivity contribution in [1.29, 1.82) is 0 Å². The highest BCUT2D eigenvalue weighted by molar-refractivity contribution is 5.89. The molecule has 2 fully saturated rings. The van der Waals surface area contributed by atoms with Gasteiger partial charge in [0.1, 0.15) is 0 Å². The molecule has 23 heavy (non-hydrogen) atoms. The third-order valence-electron chi connectivity index (χ3n) is 4.42. The first-order valence-electron chi connectivity index (χ1n) is 8.65. The van der Waals surface area contributed by atoms with E-state index in [4.69, 9.17) is 9.47 Å². The van der Waals surface area contributed by atoms with Crippen LogP contribution in [0.25, 0.3) is 0 Å². The first-order chi connectivity index (χ1) is 11.3. The summed E-state index contributed by atoms with van der Waals surface area (Å²) in [5.74, 6) is 0. The van der Waals surface area contributed by atoms with Crippen molar-refractivity contribution in [3.8, 4) is 0 Å². The zero-order chi connectivity index (χ0) is 15.9. The minimum atomic E-state index is -0.00354. The van der Waals surface area contributed by atoms with E-state index in [9.17, 15) is 4.79 Å². The molecule has 1 N–H and O–H groups in total. The number of benzene rings is 1. The molecule has 1 atom stereocenters. The van der Waals surface area contributed by atoms with E-state index in [0.717, 1.165) is 56.6 Å². The minimum Gasteiger partial charge on any atom is -0.376 e. The molecule has 3 rings (SSSR count). The SMILES string of the molecule is O=C(Nc1cccc(COCC2CCCCO2)c1)N1CCCC1. The number of hydrogen-bond acceptors (Lipinski definition) is 3. The Hall–Kier alpha value is -1.59. The number of nitrogens with one attached hydrogen (secondary N) is 1. The average Bonchev–Trinajstić information content (AvgIpc) is 3.11. The number of carbonyl (C=O) groups excluding carboxylic acids is 1. The fourth-order valence-electron chi connectivity index (χ4n) is 3.11. The fourth-order valence-corrected chi connectivity index (χ4v) is 3.11. The van der Waals surface area contributed by atoms with Crippen LogP contribution in [-0.4, -0.2) is 43.3 Å². The smallest absolute Gasteiger partial charge is 0.321 e. The summed E-state index contributed by atoms with van der Waals surface area (Å²) in [4.78, 5) is 14.0. The van der Waals surface area contributed by atoms with Crippen LogP contribution in [0.1, 0.15) is 37.7 Å². The van der Waals surface area contributed by atoms with E-state index in [1.54, 1.807) is 0 Å². The number of urea groups is 1. The number of anilines is 1. The normalized spacial score (nSPS) is 21.4. The summed E-state index contributed by atoms with van der Waals surface area (Å²) < 4.78 is 11.4. The van der Waals surface area contributed by atoms with E-state index in [2.05, 4.69) is 5.32 Å². The molecule has 0 bridgehead atoms. The molecule has 5 heteroatoms. The van der Waals surface area contributed by atoms with E-state index in [-0.39, 0.29) is 12.1 Å². The molecule has 2 aliphatic heterocycles. The summed E-state index contributed by atoms with van der Waals surface area (Å²) in [5.41, 5.74) is 1.90. The predicted octanol–water partition coefficient (Wildman–Crippen LogP) is 3.40. The van der Waals surface area contributed by atoms with Gasteiger partial charge in [-0.2, -0.15) is 0 Å². The maximum atomic E-state index is 12.1. The van der Waals surface area contributed by atoms with Crippen molar-refractivity contribution in [2.75, 3.05) is 31.6 Å². The van der Waals surface area contributed by atoms with Crippen LogP contribution in [0.4, 0.5) is 10.5 Å². The van der Waals surface area contributed by atoms with Crippen LogP contribution in [0.2, 0.25) is 0 Å². The van der Waals surface area contributed by atoms with Gasteiger partial charge in [-0.05, 0) is 49.8 Å². The highest BCUT2D eigenvalue weighted by Crippen LogP contribution is 2.16.